The lowest BCUT2D eigenvalue weighted by molar-refractivity contribution is -0.141. The number of piperidine rings is 1. The van der Waals surface area contributed by atoms with Crippen molar-refractivity contribution in [2.75, 3.05) is 31.5 Å². The molecule has 7 rings (SSSR count). The van der Waals surface area contributed by atoms with E-state index in [0.29, 0.717) is 26.2 Å². The summed E-state index contributed by atoms with van der Waals surface area (Å²) in [6.07, 6.45) is 0.211. The number of likely N-dealkylation sites (tertiary alicyclic amines) is 2. The molecule has 2 saturated heterocycles. The quantitative estimate of drug-likeness (QED) is 0.375. The largest absolute Gasteiger partial charge is 0.435 e. The maximum absolute atomic E-state index is 13.7. The van der Waals surface area contributed by atoms with Gasteiger partial charge >= 0.3 is 12.2 Å². The SMILES string of the molecule is Cn1c(-c2cn(C3CC3)nc2C(F)(F)F)cnc1C(=O)Nc1ccc(C(=O)NC2C3CN(C(=O)N4CC[C@@H](N)C4)CC32)c(Cl)c1. The molecule has 2 unspecified atom stereocenters. The van der Waals surface area contributed by atoms with Crippen LogP contribution in [0.25, 0.3) is 11.3 Å². The van der Waals surface area contributed by atoms with E-state index in [1.54, 1.807) is 4.90 Å². The zero-order valence-electron chi connectivity index (χ0n) is 24.2. The number of urea groups is 1. The monoisotopic (exact) mass is 645 g/mol. The molecular formula is C29H31ClF3N9O3. The number of fused-ring (bicyclic) bond motifs is 1. The van der Waals surface area contributed by atoms with Crippen molar-refractivity contribution < 1.29 is 27.6 Å². The van der Waals surface area contributed by atoms with Gasteiger partial charge in [-0.25, -0.2) is 9.78 Å². The lowest BCUT2D eigenvalue weighted by atomic mass is 10.2. The number of carbonyl (C=O) groups excluding carboxylic acids is 3. The molecule has 3 aromatic rings. The number of hydrogen-bond donors (Lipinski definition) is 3. The number of aromatic nitrogens is 4. The second kappa shape index (κ2) is 10.8. The van der Waals surface area contributed by atoms with Crippen molar-refractivity contribution in [1.82, 2.24) is 34.4 Å². The van der Waals surface area contributed by atoms with Crippen LogP contribution >= 0.6 is 11.6 Å². The molecule has 2 saturated carbocycles. The number of carbonyl (C=O) groups is 3. The molecule has 4 aliphatic rings. The predicted octanol–water partition coefficient (Wildman–Crippen LogP) is 3.36. The summed E-state index contributed by atoms with van der Waals surface area (Å²) in [4.78, 5) is 46.5. The van der Waals surface area contributed by atoms with Gasteiger partial charge in [0.25, 0.3) is 11.8 Å². The number of hydrogen-bond acceptors (Lipinski definition) is 6. The molecule has 1 aromatic carbocycles. The first-order valence-corrected chi connectivity index (χ1v) is 15.2. The van der Waals surface area contributed by atoms with E-state index in [1.165, 1.54) is 46.9 Å². The van der Waals surface area contributed by atoms with Crippen LogP contribution in [-0.4, -0.2) is 85.2 Å². The number of alkyl halides is 3. The topological polar surface area (TPSA) is 143 Å². The Labute approximate surface area is 260 Å². The van der Waals surface area contributed by atoms with Gasteiger partial charge in [0, 0.05) is 69.0 Å². The molecule has 12 nitrogen and oxygen atoms in total. The first-order chi connectivity index (χ1) is 21.4. The Balaban J connectivity index is 0.974. The third-order valence-electron chi connectivity index (χ3n) is 9.12. The molecule has 4 amide bonds. The van der Waals surface area contributed by atoms with Crippen LogP contribution in [0.3, 0.4) is 0 Å². The van der Waals surface area contributed by atoms with Crippen molar-refractivity contribution in [3.63, 3.8) is 0 Å². The van der Waals surface area contributed by atoms with Crippen molar-refractivity contribution in [2.24, 2.45) is 24.6 Å². The molecule has 2 aromatic heterocycles. The number of benzene rings is 1. The van der Waals surface area contributed by atoms with Gasteiger partial charge < -0.3 is 30.7 Å². The number of nitrogens with one attached hydrogen (secondary N) is 2. The highest BCUT2D eigenvalue weighted by atomic mass is 35.5. The van der Waals surface area contributed by atoms with Crippen molar-refractivity contribution in [3.8, 4) is 11.3 Å². The molecule has 4 N–H and O–H groups in total. The molecule has 16 heteroatoms. The fourth-order valence-electron chi connectivity index (χ4n) is 6.44. The predicted molar refractivity (Wildman–Crippen MR) is 156 cm³/mol. The van der Waals surface area contributed by atoms with Crippen molar-refractivity contribution in [1.29, 1.82) is 0 Å². The van der Waals surface area contributed by atoms with E-state index in [2.05, 4.69) is 20.7 Å². The van der Waals surface area contributed by atoms with Gasteiger partial charge in [-0.05, 0) is 37.5 Å². The highest BCUT2D eigenvalue weighted by Crippen LogP contribution is 2.46. The van der Waals surface area contributed by atoms with Gasteiger partial charge in [-0.3, -0.25) is 14.3 Å². The van der Waals surface area contributed by atoms with Crippen LogP contribution < -0.4 is 16.4 Å². The van der Waals surface area contributed by atoms with Gasteiger partial charge in [0.05, 0.1) is 34.1 Å². The Bertz CT molecular complexity index is 1690. The maximum Gasteiger partial charge on any atom is 0.435 e. The van der Waals surface area contributed by atoms with E-state index in [-0.39, 0.29) is 75.3 Å². The molecule has 2 aliphatic carbocycles. The minimum Gasteiger partial charge on any atom is -0.349 e. The van der Waals surface area contributed by atoms with Crippen molar-refractivity contribution in [2.45, 2.75) is 43.6 Å². The summed E-state index contributed by atoms with van der Waals surface area (Å²) in [6, 6.07) is 4.34. The van der Waals surface area contributed by atoms with Crippen molar-refractivity contribution >= 4 is 35.1 Å². The number of nitrogens with zero attached hydrogens (tertiary/aromatic N) is 6. The van der Waals surface area contributed by atoms with E-state index in [0.717, 1.165) is 19.3 Å². The van der Waals surface area contributed by atoms with E-state index in [4.69, 9.17) is 17.3 Å². The third kappa shape index (κ3) is 5.52. The molecule has 238 valence electrons. The van der Waals surface area contributed by atoms with E-state index >= 15 is 0 Å². The zero-order valence-corrected chi connectivity index (χ0v) is 25.0. The Hall–Kier alpha value is -4.11. The normalized spacial score (nSPS) is 24.1. The highest BCUT2D eigenvalue weighted by Gasteiger charge is 2.58. The summed E-state index contributed by atoms with van der Waals surface area (Å²) >= 11 is 6.42. The Morgan fingerprint density at radius 3 is 2.40 bits per heavy atom. The lowest BCUT2D eigenvalue weighted by Gasteiger charge is -2.26. The third-order valence-corrected chi connectivity index (χ3v) is 9.43. The molecule has 45 heavy (non-hydrogen) atoms. The van der Waals surface area contributed by atoms with Crippen LogP contribution in [0.4, 0.5) is 23.7 Å². The fourth-order valence-corrected chi connectivity index (χ4v) is 6.70. The second-order valence-electron chi connectivity index (χ2n) is 12.3. The van der Waals surface area contributed by atoms with Gasteiger partial charge in [0.1, 0.15) is 0 Å². The first-order valence-electron chi connectivity index (χ1n) is 14.8. The summed E-state index contributed by atoms with van der Waals surface area (Å²) in [7, 11) is 1.45. The van der Waals surface area contributed by atoms with Gasteiger partial charge in [0.2, 0.25) is 0 Å². The van der Waals surface area contributed by atoms with E-state index in [9.17, 15) is 27.6 Å². The van der Waals surface area contributed by atoms with Crippen molar-refractivity contribution in [3.05, 3.63) is 52.7 Å². The molecule has 0 spiro atoms. The van der Waals surface area contributed by atoms with Gasteiger partial charge in [0.15, 0.2) is 11.5 Å². The summed E-state index contributed by atoms with van der Waals surface area (Å²) in [5, 5.41) is 9.53. The van der Waals surface area contributed by atoms with Crippen LogP contribution in [0, 0.1) is 11.8 Å². The molecule has 3 atom stereocenters. The number of halogens is 4. The minimum atomic E-state index is -4.67. The Morgan fingerprint density at radius 2 is 1.78 bits per heavy atom. The number of nitrogens with two attached hydrogens (primary N) is 1. The Kier molecular flexibility index (Phi) is 7.07. The average molecular weight is 646 g/mol. The van der Waals surface area contributed by atoms with Crippen LogP contribution in [0.5, 0.6) is 0 Å². The fraction of sp³-hybridized carbons (Fsp3) is 0.483. The maximum atomic E-state index is 13.7. The molecule has 4 heterocycles. The number of amides is 4. The summed E-state index contributed by atoms with van der Waals surface area (Å²) in [6.45, 7) is 2.39. The summed E-state index contributed by atoms with van der Waals surface area (Å²) < 4.78 is 43.8. The highest BCUT2D eigenvalue weighted by molar-refractivity contribution is 6.34. The zero-order chi connectivity index (χ0) is 31.8. The van der Waals surface area contributed by atoms with Gasteiger partial charge in [-0.2, -0.15) is 18.3 Å². The molecule has 4 fully saturated rings. The number of anilines is 1. The molecular weight excluding hydrogens is 615 g/mol. The van der Waals surface area contributed by atoms with Crippen LogP contribution in [0.15, 0.2) is 30.6 Å². The Morgan fingerprint density at radius 1 is 1.04 bits per heavy atom. The first kappa shape index (κ1) is 29.6. The van der Waals surface area contributed by atoms with Crippen LogP contribution in [0.1, 0.15) is 52.0 Å². The average Bonchev–Trinajstić information content (AvgIpc) is 3.58. The van der Waals surface area contributed by atoms with E-state index < -0.39 is 17.8 Å². The number of rotatable bonds is 6. The van der Waals surface area contributed by atoms with Crippen LogP contribution in [0.2, 0.25) is 5.02 Å². The standard InChI is InChI=1S/C29H31ClF3N9O3/c1-39-22(20-13-42(16-3-4-16)38-24(20)29(31,32)33)9-35-25(39)27(44)36-15-2-5-17(21(30)8-15)26(43)37-23-18-11-41(12-19(18)23)28(45)40-7-6-14(34)10-40/h2,5,8-9,13-14,16,18-19,23H,3-4,6-7,10-12,34H2,1H3,(H,36,44)(H,37,43)/t14-,18?,19?,23?/m1/s1. The summed E-state index contributed by atoms with van der Waals surface area (Å²) in [5.41, 5.74) is 5.35. The van der Waals surface area contributed by atoms with Gasteiger partial charge in [-0.15, -0.1) is 0 Å². The molecule has 2 aliphatic heterocycles. The smallest absolute Gasteiger partial charge is 0.349 e. The van der Waals surface area contributed by atoms with E-state index in [1.807, 2.05) is 4.90 Å². The lowest BCUT2D eigenvalue weighted by Crippen LogP contribution is -2.44. The number of imidazole rings is 1. The summed E-state index contributed by atoms with van der Waals surface area (Å²) in [5.74, 6) is -0.771. The minimum absolute atomic E-state index is 0.00146. The molecule has 0 bridgehead atoms. The van der Waals surface area contributed by atoms with Gasteiger partial charge in [-0.1, -0.05) is 11.6 Å². The molecule has 0 radical (unpaired) electrons. The van der Waals surface area contributed by atoms with Crippen LogP contribution in [-0.2, 0) is 13.2 Å². The second-order valence-corrected chi connectivity index (χ2v) is 12.7.